The lowest BCUT2D eigenvalue weighted by atomic mass is 10.2. The molecule has 1 heterocycles. The molecule has 0 unspecified atom stereocenters. The quantitative estimate of drug-likeness (QED) is 0.865. The van der Waals surface area contributed by atoms with Crippen molar-refractivity contribution in [3.8, 4) is 5.75 Å². The SMILES string of the molecule is COc1ccc(Br)cc1NC(=O)c1ccnc(Cl)c1. The first-order chi connectivity index (χ1) is 9.10. The Balaban J connectivity index is 2.26. The summed E-state index contributed by atoms with van der Waals surface area (Å²) in [6.45, 7) is 0. The molecule has 6 heteroatoms. The number of nitrogens with zero attached hydrogens (tertiary/aromatic N) is 1. The largest absolute Gasteiger partial charge is 0.495 e. The highest BCUT2D eigenvalue weighted by molar-refractivity contribution is 9.10. The number of carbonyl (C=O) groups excluding carboxylic acids is 1. The number of anilines is 1. The number of rotatable bonds is 3. The van der Waals surface area contributed by atoms with E-state index in [0.29, 0.717) is 17.0 Å². The van der Waals surface area contributed by atoms with Crippen molar-refractivity contribution in [3.63, 3.8) is 0 Å². The van der Waals surface area contributed by atoms with Crippen molar-refractivity contribution in [2.45, 2.75) is 0 Å². The van der Waals surface area contributed by atoms with Crippen molar-refractivity contribution in [1.29, 1.82) is 0 Å². The van der Waals surface area contributed by atoms with Crippen LogP contribution < -0.4 is 10.1 Å². The van der Waals surface area contributed by atoms with Gasteiger partial charge in [0, 0.05) is 16.2 Å². The fourth-order valence-corrected chi connectivity index (χ4v) is 2.05. The fourth-order valence-electron chi connectivity index (χ4n) is 1.52. The maximum atomic E-state index is 12.1. The number of ether oxygens (including phenoxy) is 1. The molecular formula is C13H10BrClN2O2. The van der Waals surface area contributed by atoms with Crippen molar-refractivity contribution < 1.29 is 9.53 Å². The summed E-state index contributed by atoms with van der Waals surface area (Å²) in [5, 5.41) is 3.04. The molecule has 1 aromatic heterocycles. The number of pyridine rings is 1. The molecule has 1 aromatic carbocycles. The molecule has 19 heavy (non-hydrogen) atoms. The lowest BCUT2D eigenvalue weighted by molar-refractivity contribution is 0.102. The Morgan fingerprint density at radius 3 is 2.84 bits per heavy atom. The van der Waals surface area contributed by atoms with Crippen LogP contribution in [-0.2, 0) is 0 Å². The Bertz CT molecular complexity index is 619. The van der Waals surface area contributed by atoms with E-state index in [9.17, 15) is 4.79 Å². The van der Waals surface area contributed by atoms with E-state index in [2.05, 4.69) is 26.2 Å². The van der Waals surface area contributed by atoms with E-state index in [1.54, 1.807) is 25.3 Å². The zero-order chi connectivity index (χ0) is 13.8. The number of aromatic nitrogens is 1. The van der Waals surface area contributed by atoms with Crippen LogP contribution in [-0.4, -0.2) is 18.0 Å². The summed E-state index contributed by atoms with van der Waals surface area (Å²) in [5.74, 6) is 0.303. The molecule has 98 valence electrons. The standard InChI is InChI=1S/C13H10BrClN2O2/c1-19-11-3-2-9(14)7-10(11)17-13(18)8-4-5-16-12(15)6-8/h2-7H,1H3,(H,17,18). The van der Waals surface area contributed by atoms with Gasteiger partial charge in [0.15, 0.2) is 0 Å². The van der Waals surface area contributed by atoms with E-state index in [0.717, 1.165) is 4.47 Å². The van der Waals surface area contributed by atoms with Crippen molar-refractivity contribution in [2.24, 2.45) is 0 Å². The number of hydrogen-bond acceptors (Lipinski definition) is 3. The van der Waals surface area contributed by atoms with Gasteiger partial charge in [-0.3, -0.25) is 4.79 Å². The predicted octanol–water partition coefficient (Wildman–Crippen LogP) is 3.76. The first kappa shape index (κ1) is 13.8. The summed E-state index contributed by atoms with van der Waals surface area (Å²) in [6, 6.07) is 8.45. The molecule has 0 radical (unpaired) electrons. The average molecular weight is 342 g/mol. The van der Waals surface area contributed by atoms with E-state index >= 15 is 0 Å². The van der Waals surface area contributed by atoms with Gasteiger partial charge in [-0.05, 0) is 30.3 Å². The molecule has 0 saturated heterocycles. The number of nitrogens with one attached hydrogen (secondary N) is 1. The molecule has 4 nitrogen and oxygen atoms in total. The van der Waals surface area contributed by atoms with Crippen molar-refractivity contribution >= 4 is 39.1 Å². The zero-order valence-electron chi connectivity index (χ0n) is 9.98. The summed E-state index contributed by atoms with van der Waals surface area (Å²) in [5.41, 5.74) is 1.01. The number of hydrogen-bond donors (Lipinski definition) is 1. The Kier molecular flexibility index (Phi) is 4.39. The average Bonchev–Trinajstić information content (AvgIpc) is 2.39. The predicted molar refractivity (Wildman–Crippen MR) is 77.9 cm³/mol. The highest BCUT2D eigenvalue weighted by Gasteiger charge is 2.10. The van der Waals surface area contributed by atoms with Crippen LogP contribution in [0.4, 0.5) is 5.69 Å². The minimum atomic E-state index is -0.277. The molecule has 0 saturated carbocycles. The molecule has 0 bridgehead atoms. The van der Waals surface area contributed by atoms with Gasteiger partial charge in [0.1, 0.15) is 10.9 Å². The first-order valence-corrected chi connectivity index (χ1v) is 6.53. The fraction of sp³-hybridized carbons (Fsp3) is 0.0769. The molecule has 0 atom stereocenters. The Morgan fingerprint density at radius 1 is 1.37 bits per heavy atom. The molecular weight excluding hydrogens is 332 g/mol. The van der Waals surface area contributed by atoms with E-state index in [1.165, 1.54) is 12.3 Å². The molecule has 1 amide bonds. The highest BCUT2D eigenvalue weighted by atomic mass is 79.9. The third kappa shape index (κ3) is 3.45. The first-order valence-electron chi connectivity index (χ1n) is 5.36. The van der Waals surface area contributed by atoms with Gasteiger partial charge in [0.2, 0.25) is 0 Å². The number of benzene rings is 1. The summed E-state index contributed by atoms with van der Waals surface area (Å²) in [7, 11) is 1.54. The lowest BCUT2D eigenvalue weighted by Crippen LogP contribution is -2.12. The summed E-state index contributed by atoms with van der Waals surface area (Å²) < 4.78 is 6.03. The topological polar surface area (TPSA) is 51.2 Å². The number of carbonyl (C=O) groups is 1. The van der Waals surface area contributed by atoms with Gasteiger partial charge < -0.3 is 10.1 Å². The molecule has 0 fully saturated rings. The summed E-state index contributed by atoms with van der Waals surface area (Å²) in [4.78, 5) is 15.9. The second kappa shape index (κ2) is 6.04. The normalized spacial score (nSPS) is 10.1. The van der Waals surface area contributed by atoms with Gasteiger partial charge in [-0.15, -0.1) is 0 Å². The second-order valence-electron chi connectivity index (χ2n) is 3.67. The summed E-state index contributed by atoms with van der Waals surface area (Å²) in [6.07, 6.45) is 1.48. The molecule has 2 aromatic rings. The van der Waals surface area contributed by atoms with Crippen LogP contribution >= 0.6 is 27.5 Å². The molecule has 0 aliphatic carbocycles. The zero-order valence-corrected chi connectivity index (χ0v) is 12.3. The smallest absolute Gasteiger partial charge is 0.255 e. The third-order valence-electron chi connectivity index (χ3n) is 2.40. The Hall–Kier alpha value is -1.59. The van der Waals surface area contributed by atoms with Crippen molar-refractivity contribution in [3.05, 3.63) is 51.7 Å². The number of amides is 1. The van der Waals surface area contributed by atoms with Gasteiger partial charge in [-0.2, -0.15) is 0 Å². The second-order valence-corrected chi connectivity index (χ2v) is 4.97. The van der Waals surface area contributed by atoms with E-state index < -0.39 is 0 Å². The minimum absolute atomic E-state index is 0.272. The Labute approximate surface area is 123 Å². The monoisotopic (exact) mass is 340 g/mol. The minimum Gasteiger partial charge on any atom is -0.495 e. The Morgan fingerprint density at radius 2 is 2.16 bits per heavy atom. The summed E-state index contributed by atoms with van der Waals surface area (Å²) >= 11 is 9.10. The van der Waals surface area contributed by atoms with Gasteiger partial charge >= 0.3 is 0 Å². The maximum absolute atomic E-state index is 12.1. The van der Waals surface area contributed by atoms with Crippen LogP contribution in [0.25, 0.3) is 0 Å². The van der Waals surface area contributed by atoms with Gasteiger partial charge in [-0.25, -0.2) is 4.98 Å². The van der Waals surface area contributed by atoms with Crippen molar-refractivity contribution in [1.82, 2.24) is 4.98 Å². The maximum Gasteiger partial charge on any atom is 0.255 e. The van der Waals surface area contributed by atoms with Crippen LogP contribution in [0.1, 0.15) is 10.4 Å². The van der Waals surface area contributed by atoms with Crippen LogP contribution in [0.3, 0.4) is 0 Å². The van der Waals surface area contributed by atoms with Crippen LogP contribution in [0.2, 0.25) is 5.15 Å². The molecule has 0 aliphatic heterocycles. The molecule has 1 N–H and O–H groups in total. The van der Waals surface area contributed by atoms with E-state index in [4.69, 9.17) is 16.3 Å². The van der Waals surface area contributed by atoms with E-state index in [1.807, 2.05) is 6.07 Å². The molecule has 0 spiro atoms. The van der Waals surface area contributed by atoms with Crippen LogP contribution in [0, 0.1) is 0 Å². The van der Waals surface area contributed by atoms with Gasteiger partial charge in [0.25, 0.3) is 5.91 Å². The molecule has 0 aliphatic rings. The molecule has 2 rings (SSSR count). The van der Waals surface area contributed by atoms with Crippen LogP contribution in [0.5, 0.6) is 5.75 Å². The van der Waals surface area contributed by atoms with E-state index in [-0.39, 0.29) is 11.1 Å². The van der Waals surface area contributed by atoms with Gasteiger partial charge in [-0.1, -0.05) is 27.5 Å². The lowest BCUT2D eigenvalue weighted by Gasteiger charge is -2.10. The third-order valence-corrected chi connectivity index (χ3v) is 3.10. The number of methoxy groups -OCH3 is 1. The van der Waals surface area contributed by atoms with Crippen molar-refractivity contribution in [2.75, 3.05) is 12.4 Å². The number of halogens is 2. The van der Waals surface area contributed by atoms with Gasteiger partial charge in [0.05, 0.1) is 12.8 Å². The van der Waals surface area contributed by atoms with Crippen LogP contribution in [0.15, 0.2) is 41.0 Å². The highest BCUT2D eigenvalue weighted by Crippen LogP contribution is 2.28.